The average molecular weight is 299 g/mol. The number of aromatic nitrogens is 3. The van der Waals surface area contributed by atoms with E-state index in [1.165, 1.54) is 6.92 Å². The van der Waals surface area contributed by atoms with Gasteiger partial charge in [-0.25, -0.2) is 4.98 Å². The van der Waals surface area contributed by atoms with Crippen molar-refractivity contribution in [1.82, 2.24) is 15.2 Å². The molecule has 106 valence electrons. The second-order valence-corrected chi connectivity index (χ2v) is 5.16. The normalized spacial score (nSPS) is 11.6. The van der Waals surface area contributed by atoms with Crippen molar-refractivity contribution in [2.45, 2.75) is 12.1 Å². The lowest BCUT2D eigenvalue weighted by molar-refractivity contribution is -0.112. The number of ketones is 1. The Morgan fingerprint density at radius 2 is 2.14 bits per heavy atom. The molecule has 0 fully saturated rings. The van der Waals surface area contributed by atoms with E-state index < -0.39 is 0 Å². The Morgan fingerprint density at radius 3 is 2.76 bits per heavy atom. The van der Waals surface area contributed by atoms with Crippen LogP contribution in [0.3, 0.4) is 0 Å². The third-order valence-corrected chi connectivity index (χ3v) is 3.48. The van der Waals surface area contributed by atoms with Crippen LogP contribution >= 0.6 is 11.8 Å². The zero-order valence-corrected chi connectivity index (χ0v) is 12.1. The van der Waals surface area contributed by atoms with E-state index in [0.717, 1.165) is 17.3 Å². The molecule has 0 aliphatic heterocycles. The summed E-state index contributed by atoms with van der Waals surface area (Å²) in [6.07, 6.45) is 0. The van der Waals surface area contributed by atoms with Crippen LogP contribution in [0, 0.1) is 11.3 Å². The van der Waals surface area contributed by atoms with Crippen molar-refractivity contribution in [3.05, 3.63) is 41.6 Å². The number of hydrogen-bond acceptors (Lipinski definition) is 6. The Hall–Kier alpha value is -2.59. The summed E-state index contributed by atoms with van der Waals surface area (Å²) in [6, 6.07) is 11.4. The summed E-state index contributed by atoms with van der Waals surface area (Å²) in [6.45, 7) is 1.53. The SMILES string of the molecule is C/C(N)=C(\C#N)C(=O)CSc1n[nH]c(-c2ccccc2)n1. The smallest absolute Gasteiger partial charge is 0.209 e. The largest absolute Gasteiger partial charge is 0.401 e. The van der Waals surface area contributed by atoms with Gasteiger partial charge in [0.1, 0.15) is 11.6 Å². The highest BCUT2D eigenvalue weighted by Gasteiger charge is 2.14. The fourth-order valence-corrected chi connectivity index (χ4v) is 2.28. The number of carbonyl (C=O) groups excluding carboxylic acids is 1. The van der Waals surface area contributed by atoms with Crippen LogP contribution in [0.4, 0.5) is 0 Å². The zero-order chi connectivity index (χ0) is 15.2. The van der Waals surface area contributed by atoms with Gasteiger partial charge in [0.05, 0.1) is 5.75 Å². The molecule has 1 aromatic carbocycles. The third kappa shape index (κ3) is 3.70. The topological polar surface area (TPSA) is 108 Å². The minimum Gasteiger partial charge on any atom is -0.401 e. The molecule has 2 aromatic rings. The van der Waals surface area contributed by atoms with E-state index in [0.29, 0.717) is 11.0 Å². The van der Waals surface area contributed by atoms with Gasteiger partial charge in [0.15, 0.2) is 11.6 Å². The van der Waals surface area contributed by atoms with Crippen LogP contribution < -0.4 is 5.73 Å². The first-order chi connectivity index (χ1) is 10.1. The molecule has 0 atom stereocenters. The summed E-state index contributed by atoms with van der Waals surface area (Å²) in [5, 5.41) is 16.2. The molecule has 1 aromatic heterocycles. The Kier molecular flexibility index (Phi) is 4.74. The number of nitriles is 1. The van der Waals surface area contributed by atoms with Crippen LogP contribution in [0.15, 0.2) is 46.8 Å². The van der Waals surface area contributed by atoms with Crippen molar-refractivity contribution in [3.63, 3.8) is 0 Å². The van der Waals surface area contributed by atoms with Gasteiger partial charge in [0, 0.05) is 11.3 Å². The second-order valence-electron chi connectivity index (χ2n) is 4.21. The van der Waals surface area contributed by atoms with Gasteiger partial charge >= 0.3 is 0 Å². The Bertz CT molecular complexity index is 710. The summed E-state index contributed by atoms with van der Waals surface area (Å²) in [4.78, 5) is 16.1. The molecular formula is C14H13N5OS. The molecule has 0 amide bonds. The van der Waals surface area contributed by atoms with E-state index in [4.69, 9.17) is 11.0 Å². The number of thioether (sulfide) groups is 1. The number of hydrogen-bond donors (Lipinski definition) is 2. The standard InChI is InChI=1S/C14H13N5OS/c1-9(16)11(7-15)12(20)8-21-14-17-13(18-19-14)10-5-3-2-4-6-10/h2-6H,8,16H2,1H3,(H,17,18,19)/b11-9-. The molecule has 6 nitrogen and oxygen atoms in total. The number of allylic oxidation sites excluding steroid dienone is 2. The van der Waals surface area contributed by atoms with Crippen molar-refractivity contribution in [2.75, 3.05) is 5.75 Å². The number of nitrogens with two attached hydrogens (primary N) is 1. The van der Waals surface area contributed by atoms with E-state index in [1.807, 2.05) is 36.4 Å². The molecule has 0 saturated heterocycles. The van der Waals surface area contributed by atoms with Crippen LogP contribution in [0.25, 0.3) is 11.4 Å². The molecule has 0 saturated carbocycles. The van der Waals surface area contributed by atoms with Gasteiger partial charge in [-0.3, -0.25) is 9.89 Å². The molecule has 0 bridgehead atoms. The molecule has 1 heterocycles. The highest BCUT2D eigenvalue weighted by atomic mass is 32.2. The van der Waals surface area contributed by atoms with Gasteiger partial charge in [-0.2, -0.15) is 5.26 Å². The fraction of sp³-hybridized carbons (Fsp3) is 0.143. The van der Waals surface area contributed by atoms with Crippen LogP contribution in [0.1, 0.15) is 6.92 Å². The van der Waals surface area contributed by atoms with Crippen molar-refractivity contribution < 1.29 is 4.79 Å². The molecule has 0 aliphatic rings. The quantitative estimate of drug-likeness (QED) is 0.496. The fourth-order valence-electron chi connectivity index (χ4n) is 1.61. The number of aromatic amines is 1. The van der Waals surface area contributed by atoms with Gasteiger partial charge in [-0.05, 0) is 6.92 Å². The molecular weight excluding hydrogens is 286 g/mol. The molecule has 0 radical (unpaired) electrons. The lowest BCUT2D eigenvalue weighted by Gasteiger charge is -1.98. The Morgan fingerprint density at radius 1 is 1.43 bits per heavy atom. The maximum atomic E-state index is 11.8. The van der Waals surface area contributed by atoms with E-state index in [-0.39, 0.29) is 22.8 Å². The van der Waals surface area contributed by atoms with Crippen molar-refractivity contribution in [2.24, 2.45) is 5.73 Å². The molecule has 7 heteroatoms. The van der Waals surface area contributed by atoms with E-state index >= 15 is 0 Å². The first-order valence-corrected chi connectivity index (χ1v) is 7.10. The van der Waals surface area contributed by atoms with Crippen molar-refractivity contribution >= 4 is 17.5 Å². The number of nitrogens with zero attached hydrogens (tertiary/aromatic N) is 3. The highest BCUT2D eigenvalue weighted by molar-refractivity contribution is 7.99. The Labute approximate surface area is 126 Å². The Balaban J connectivity index is 2.03. The summed E-state index contributed by atoms with van der Waals surface area (Å²) >= 11 is 1.16. The predicted molar refractivity (Wildman–Crippen MR) is 80.1 cm³/mol. The number of Topliss-reactive ketones (excluding diaryl/α,β-unsaturated/α-hetero) is 1. The first kappa shape index (κ1) is 14.8. The summed E-state index contributed by atoms with van der Waals surface area (Å²) in [5.74, 6) is 0.383. The number of H-pyrrole nitrogens is 1. The maximum Gasteiger partial charge on any atom is 0.209 e. The van der Waals surface area contributed by atoms with Crippen LogP contribution in [0.5, 0.6) is 0 Å². The second kappa shape index (κ2) is 6.72. The number of benzene rings is 1. The summed E-state index contributed by atoms with van der Waals surface area (Å²) < 4.78 is 0. The van der Waals surface area contributed by atoms with E-state index in [2.05, 4.69) is 15.2 Å². The van der Waals surface area contributed by atoms with Gasteiger partial charge in [-0.15, -0.1) is 5.10 Å². The van der Waals surface area contributed by atoms with E-state index in [9.17, 15) is 4.79 Å². The average Bonchev–Trinajstić information content (AvgIpc) is 2.95. The van der Waals surface area contributed by atoms with Gasteiger partial charge < -0.3 is 5.73 Å². The summed E-state index contributed by atoms with van der Waals surface area (Å²) in [5.41, 5.74) is 6.61. The number of carbonyl (C=O) groups is 1. The molecule has 0 unspecified atom stereocenters. The van der Waals surface area contributed by atoms with Gasteiger partial charge in [0.2, 0.25) is 5.16 Å². The lowest BCUT2D eigenvalue weighted by Crippen LogP contribution is -2.10. The van der Waals surface area contributed by atoms with Crippen molar-refractivity contribution in [3.8, 4) is 17.5 Å². The maximum absolute atomic E-state index is 11.8. The minimum atomic E-state index is -0.325. The van der Waals surface area contributed by atoms with Gasteiger partial charge in [0.25, 0.3) is 0 Å². The molecule has 0 aliphatic carbocycles. The predicted octanol–water partition coefficient (Wildman–Crippen LogP) is 1.89. The van der Waals surface area contributed by atoms with Crippen LogP contribution in [0.2, 0.25) is 0 Å². The highest BCUT2D eigenvalue weighted by Crippen LogP contribution is 2.19. The lowest BCUT2D eigenvalue weighted by atomic mass is 10.2. The van der Waals surface area contributed by atoms with Crippen molar-refractivity contribution in [1.29, 1.82) is 5.26 Å². The summed E-state index contributed by atoms with van der Waals surface area (Å²) in [7, 11) is 0. The van der Waals surface area contributed by atoms with Crippen LogP contribution in [-0.4, -0.2) is 26.7 Å². The molecule has 2 rings (SSSR count). The molecule has 0 spiro atoms. The monoisotopic (exact) mass is 299 g/mol. The third-order valence-electron chi connectivity index (χ3n) is 2.63. The first-order valence-electron chi connectivity index (χ1n) is 6.12. The number of rotatable bonds is 5. The van der Waals surface area contributed by atoms with Gasteiger partial charge in [-0.1, -0.05) is 42.1 Å². The molecule has 21 heavy (non-hydrogen) atoms. The van der Waals surface area contributed by atoms with E-state index in [1.54, 1.807) is 0 Å². The minimum absolute atomic E-state index is 0.0127. The number of nitrogens with one attached hydrogen (secondary N) is 1. The van der Waals surface area contributed by atoms with Crippen LogP contribution in [-0.2, 0) is 4.79 Å². The molecule has 3 N–H and O–H groups in total. The zero-order valence-electron chi connectivity index (χ0n) is 11.3.